The molecule has 0 radical (unpaired) electrons. The van der Waals surface area contributed by atoms with Crippen molar-refractivity contribution in [2.75, 3.05) is 41.9 Å². The minimum absolute atomic E-state index is 0.0659. The Morgan fingerprint density at radius 3 is 2.37 bits per heavy atom. The Hall–Kier alpha value is -4.72. The van der Waals surface area contributed by atoms with E-state index in [1.165, 1.54) is 17.3 Å². The van der Waals surface area contributed by atoms with E-state index in [1.807, 2.05) is 0 Å². The molecule has 1 saturated carbocycles. The fraction of sp³-hybridized carbons (Fsp3) is 0.514. The molecular formula is C35H42FN5O8. The molecule has 49 heavy (non-hydrogen) atoms. The van der Waals surface area contributed by atoms with Gasteiger partial charge in [0.15, 0.2) is 5.82 Å². The van der Waals surface area contributed by atoms with Crippen LogP contribution in [0.5, 0.6) is 5.88 Å². The summed E-state index contributed by atoms with van der Waals surface area (Å²) in [7, 11) is 0. The van der Waals surface area contributed by atoms with E-state index in [2.05, 4.69) is 20.6 Å². The lowest BCUT2D eigenvalue weighted by Crippen LogP contribution is -2.42. The Labute approximate surface area is 283 Å². The highest BCUT2D eigenvalue weighted by Crippen LogP contribution is 2.43. The molecule has 1 aliphatic carbocycles. The summed E-state index contributed by atoms with van der Waals surface area (Å²) in [6, 6.07) is 3.12. The fourth-order valence-corrected chi connectivity index (χ4v) is 6.08. The van der Waals surface area contributed by atoms with E-state index in [-0.39, 0.29) is 53.5 Å². The number of hydrogen-bond donors (Lipinski definition) is 2. The van der Waals surface area contributed by atoms with Crippen LogP contribution in [-0.4, -0.2) is 71.9 Å². The molecule has 2 N–H and O–H groups in total. The number of pyridine rings is 2. The van der Waals surface area contributed by atoms with E-state index in [0.29, 0.717) is 41.3 Å². The van der Waals surface area contributed by atoms with Gasteiger partial charge in [0.2, 0.25) is 5.88 Å². The molecule has 14 heteroatoms. The van der Waals surface area contributed by atoms with Gasteiger partial charge in [0, 0.05) is 34.8 Å². The van der Waals surface area contributed by atoms with Gasteiger partial charge >= 0.3 is 18.3 Å². The van der Waals surface area contributed by atoms with Crippen molar-refractivity contribution in [2.45, 2.75) is 78.6 Å². The highest BCUT2D eigenvalue weighted by Gasteiger charge is 2.42. The number of halogens is 1. The van der Waals surface area contributed by atoms with Crippen molar-refractivity contribution in [2.24, 2.45) is 11.8 Å². The largest absolute Gasteiger partial charge is 0.474 e. The molecule has 3 amide bonds. The standard InChI is InChI=1S/C35H42FN5O8/c1-18-22(14-38-30-29(18)41(10-11-46-30)33(44)49-35(5,6)7)21-12-20-13-26(39-31(42)47-25-17-45-16-24(25)19-8-9-19)37-15-23(20)28(27(21)36)40-32(43)48-34(2,3)4/h12-15,19,24-25H,8-11,16-17H2,1-7H3,(H,40,43)(H,37,39,42). The lowest BCUT2D eigenvalue weighted by molar-refractivity contribution is 0.0564. The topological polar surface area (TPSA) is 150 Å². The first kappa shape index (κ1) is 34.2. The van der Waals surface area contributed by atoms with Gasteiger partial charge in [-0.1, -0.05) is 0 Å². The molecule has 1 aromatic carbocycles. The van der Waals surface area contributed by atoms with Gasteiger partial charge in [-0.2, -0.15) is 0 Å². The van der Waals surface area contributed by atoms with E-state index in [9.17, 15) is 14.4 Å². The van der Waals surface area contributed by atoms with Crippen LogP contribution in [0.1, 0.15) is 59.9 Å². The number of amides is 3. The molecule has 1 saturated heterocycles. The van der Waals surface area contributed by atoms with Gasteiger partial charge in [-0.05, 0) is 90.3 Å². The fourth-order valence-electron chi connectivity index (χ4n) is 6.08. The van der Waals surface area contributed by atoms with Crippen LogP contribution >= 0.6 is 0 Å². The summed E-state index contributed by atoms with van der Waals surface area (Å²) in [6.07, 6.45) is 2.52. The molecule has 13 nitrogen and oxygen atoms in total. The van der Waals surface area contributed by atoms with Crippen molar-refractivity contribution in [1.29, 1.82) is 0 Å². The molecule has 2 aromatic heterocycles. The molecule has 3 aliphatic rings. The zero-order valence-electron chi connectivity index (χ0n) is 28.8. The molecular weight excluding hydrogens is 637 g/mol. The third-order valence-electron chi connectivity index (χ3n) is 8.37. The van der Waals surface area contributed by atoms with Crippen LogP contribution in [0.3, 0.4) is 0 Å². The summed E-state index contributed by atoms with van der Waals surface area (Å²) >= 11 is 0. The van der Waals surface area contributed by atoms with Crippen LogP contribution in [0.25, 0.3) is 21.9 Å². The number of hydrogen-bond acceptors (Lipinski definition) is 10. The van der Waals surface area contributed by atoms with Crippen LogP contribution in [0.4, 0.5) is 36.0 Å². The molecule has 0 spiro atoms. The molecule has 2 atom stereocenters. The van der Waals surface area contributed by atoms with Gasteiger partial charge in [0.25, 0.3) is 0 Å². The van der Waals surface area contributed by atoms with Crippen molar-refractivity contribution in [3.8, 4) is 17.0 Å². The lowest BCUT2D eigenvalue weighted by atomic mass is 9.96. The van der Waals surface area contributed by atoms with Crippen LogP contribution in [0.2, 0.25) is 0 Å². The molecule has 2 unspecified atom stereocenters. The average Bonchev–Trinajstić information content (AvgIpc) is 3.74. The van der Waals surface area contributed by atoms with E-state index >= 15 is 4.39 Å². The quantitative estimate of drug-likeness (QED) is 0.265. The average molecular weight is 680 g/mol. The smallest absolute Gasteiger partial charge is 0.415 e. The maximum absolute atomic E-state index is 16.7. The van der Waals surface area contributed by atoms with E-state index in [4.69, 9.17) is 23.7 Å². The first-order valence-electron chi connectivity index (χ1n) is 16.4. The number of rotatable bonds is 5. The minimum atomic E-state index is -0.871. The van der Waals surface area contributed by atoms with Gasteiger partial charge in [-0.15, -0.1) is 0 Å². The third kappa shape index (κ3) is 7.64. The number of nitrogens with zero attached hydrogens (tertiary/aromatic N) is 3. The number of nitrogens with one attached hydrogen (secondary N) is 2. The predicted octanol–water partition coefficient (Wildman–Crippen LogP) is 7.20. The minimum Gasteiger partial charge on any atom is -0.474 e. The molecule has 262 valence electrons. The number of anilines is 3. The van der Waals surface area contributed by atoms with Crippen LogP contribution in [0.15, 0.2) is 24.5 Å². The first-order valence-corrected chi connectivity index (χ1v) is 16.4. The van der Waals surface area contributed by atoms with Crippen molar-refractivity contribution in [1.82, 2.24) is 9.97 Å². The predicted molar refractivity (Wildman–Crippen MR) is 180 cm³/mol. The maximum atomic E-state index is 16.7. The number of fused-ring (bicyclic) bond motifs is 2. The Balaban J connectivity index is 1.39. The molecule has 2 aliphatic heterocycles. The zero-order chi connectivity index (χ0) is 35.2. The molecule has 4 heterocycles. The Morgan fingerprint density at radius 1 is 0.939 bits per heavy atom. The van der Waals surface area contributed by atoms with Gasteiger partial charge in [-0.25, -0.2) is 28.7 Å². The number of carbonyl (C=O) groups excluding carboxylic acids is 3. The molecule has 2 fully saturated rings. The van der Waals surface area contributed by atoms with Crippen molar-refractivity contribution < 1.29 is 42.5 Å². The van der Waals surface area contributed by atoms with E-state index in [1.54, 1.807) is 60.6 Å². The Bertz CT molecular complexity index is 1800. The summed E-state index contributed by atoms with van der Waals surface area (Å²) in [5.41, 5.74) is -0.542. The molecule has 3 aromatic rings. The highest BCUT2D eigenvalue weighted by molar-refractivity contribution is 6.05. The number of aromatic nitrogens is 2. The zero-order valence-corrected chi connectivity index (χ0v) is 28.8. The second kappa shape index (κ2) is 13.0. The summed E-state index contributed by atoms with van der Waals surface area (Å²) in [5, 5.41) is 5.92. The monoisotopic (exact) mass is 679 g/mol. The van der Waals surface area contributed by atoms with E-state index in [0.717, 1.165) is 12.8 Å². The summed E-state index contributed by atoms with van der Waals surface area (Å²) in [6.45, 7) is 13.4. The third-order valence-corrected chi connectivity index (χ3v) is 8.37. The second-order valence-electron chi connectivity index (χ2n) is 14.6. The Morgan fingerprint density at radius 2 is 1.67 bits per heavy atom. The van der Waals surface area contributed by atoms with Gasteiger partial charge in [0.1, 0.15) is 35.4 Å². The number of benzene rings is 1. The van der Waals surface area contributed by atoms with Gasteiger partial charge in [-0.3, -0.25) is 15.5 Å². The van der Waals surface area contributed by atoms with Crippen LogP contribution in [0, 0.1) is 24.6 Å². The number of ether oxygens (including phenoxy) is 5. The summed E-state index contributed by atoms with van der Waals surface area (Å²) < 4.78 is 44.7. The molecule has 6 rings (SSSR count). The van der Waals surface area contributed by atoms with E-state index < -0.39 is 35.3 Å². The Kier molecular flexibility index (Phi) is 9.03. The lowest BCUT2D eigenvalue weighted by Gasteiger charge is -2.32. The first-order chi connectivity index (χ1) is 23.1. The molecule has 0 bridgehead atoms. The van der Waals surface area contributed by atoms with Crippen LogP contribution in [-0.2, 0) is 18.9 Å². The van der Waals surface area contributed by atoms with Crippen LogP contribution < -0.4 is 20.3 Å². The SMILES string of the molecule is Cc1c(-c2cc3cc(NC(=O)OC4COCC4C4CC4)ncc3c(NC(=O)OC(C)(C)C)c2F)cnc2c1N(C(=O)OC(C)(C)C)CCO2. The second-order valence-corrected chi connectivity index (χ2v) is 14.6. The van der Waals surface area contributed by atoms with Crippen molar-refractivity contribution >= 4 is 46.2 Å². The number of carbonyl (C=O) groups is 3. The normalized spacial score (nSPS) is 19.1. The highest BCUT2D eigenvalue weighted by atomic mass is 19.1. The van der Waals surface area contributed by atoms with Crippen molar-refractivity contribution in [3.05, 3.63) is 35.9 Å². The van der Waals surface area contributed by atoms with Gasteiger partial charge < -0.3 is 23.7 Å². The summed E-state index contributed by atoms with van der Waals surface area (Å²) in [5.74, 6) is 0.264. The van der Waals surface area contributed by atoms with Crippen molar-refractivity contribution in [3.63, 3.8) is 0 Å². The van der Waals surface area contributed by atoms with Gasteiger partial charge in [0.05, 0.1) is 25.4 Å². The maximum Gasteiger partial charge on any atom is 0.415 e. The summed E-state index contributed by atoms with van der Waals surface area (Å²) in [4.78, 5) is 49.2.